The first-order valence-electron chi connectivity index (χ1n) is 13.1. The lowest BCUT2D eigenvalue weighted by atomic mass is 9.79. The number of rotatable bonds is 6. The molecule has 0 spiro atoms. The van der Waals surface area contributed by atoms with Crippen molar-refractivity contribution in [3.63, 3.8) is 0 Å². The van der Waals surface area contributed by atoms with Crippen LogP contribution in [0.3, 0.4) is 0 Å². The van der Waals surface area contributed by atoms with E-state index in [2.05, 4.69) is 63.8 Å². The van der Waals surface area contributed by atoms with Crippen molar-refractivity contribution in [2.75, 3.05) is 47.8 Å². The molecule has 2 saturated heterocycles. The molecule has 7 heteroatoms. The minimum Gasteiger partial charge on any atom is -0.361 e. The third-order valence-electron chi connectivity index (χ3n) is 7.87. The van der Waals surface area contributed by atoms with Gasteiger partial charge in [-0.1, -0.05) is 50.1 Å². The highest BCUT2D eigenvalue weighted by molar-refractivity contribution is 7.80. The Balaban J connectivity index is 1.31. The van der Waals surface area contributed by atoms with Gasteiger partial charge in [0.05, 0.1) is 0 Å². The van der Waals surface area contributed by atoms with E-state index in [1.807, 2.05) is 0 Å². The van der Waals surface area contributed by atoms with Crippen molar-refractivity contribution >= 4 is 34.9 Å². The summed E-state index contributed by atoms with van der Waals surface area (Å²) < 4.78 is 0. The normalized spacial score (nSPS) is 22.1. The van der Waals surface area contributed by atoms with E-state index in [1.165, 1.54) is 56.9 Å². The van der Waals surface area contributed by atoms with Crippen LogP contribution in [0.25, 0.3) is 0 Å². The van der Waals surface area contributed by atoms with Gasteiger partial charge in [-0.2, -0.15) is 9.97 Å². The van der Waals surface area contributed by atoms with Crippen molar-refractivity contribution in [3.8, 4) is 0 Å². The molecule has 2 aromatic rings. The predicted molar refractivity (Wildman–Crippen MR) is 145 cm³/mol. The van der Waals surface area contributed by atoms with E-state index in [9.17, 15) is 0 Å². The number of nitrogens with zero attached hydrogens (tertiary/aromatic N) is 4. The largest absolute Gasteiger partial charge is 0.361 e. The summed E-state index contributed by atoms with van der Waals surface area (Å²) in [5, 5.41) is 7.46. The smallest absolute Gasteiger partial charge is 0.232 e. The zero-order valence-corrected chi connectivity index (χ0v) is 21.2. The summed E-state index contributed by atoms with van der Waals surface area (Å²) in [4.78, 5) is 14.6. The molecule has 3 heterocycles. The predicted octanol–water partition coefficient (Wildman–Crippen LogP) is 5.11. The second-order valence-electron chi connectivity index (χ2n) is 10.5. The summed E-state index contributed by atoms with van der Waals surface area (Å²) in [6.07, 6.45) is 9.91. The number of aromatic nitrogens is 2. The average Bonchev–Trinajstić information content (AvgIpc) is 3.57. The van der Waals surface area contributed by atoms with Crippen LogP contribution in [-0.4, -0.2) is 47.8 Å². The minimum absolute atomic E-state index is 0.153. The van der Waals surface area contributed by atoms with Gasteiger partial charge in [-0.3, -0.25) is 0 Å². The van der Waals surface area contributed by atoms with Gasteiger partial charge in [-0.25, -0.2) is 0 Å². The van der Waals surface area contributed by atoms with Crippen LogP contribution in [0.1, 0.15) is 63.9 Å². The lowest BCUT2D eigenvalue weighted by molar-refractivity contribution is 0.435. The molecule has 3 fully saturated rings. The van der Waals surface area contributed by atoms with Crippen molar-refractivity contribution in [2.24, 2.45) is 5.92 Å². The Hall–Kier alpha value is -2.41. The van der Waals surface area contributed by atoms with E-state index < -0.39 is 0 Å². The first-order chi connectivity index (χ1) is 16.6. The average molecular weight is 479 g/mol. The topological polar surface area (TPSA) is 56.3 Å². The van der Waals surface area contributed by atoms with E-state index in [1.54, 1.807) is 0 Å². The Bertz CT molecular complexity index is 968. The van der Waals surface area contributed by atoms with Crippen molar-refractivity contribution < 1.29 is 0 Å². The molecule has 0 unspecified atom stereocenters. The molecule has 1 aromatic carbocycles. The maximum atomic E-state index is 5.74. The SMILES string of the molecule is C[C@@H]1CCCN(c2cc(N3CCCC3)nc(NC(=S)NCC3(c4ccccc4)CCCC3)n2)C1. The maximum absolute atomic E-state index is 5.74. The molecule has 0 amide bonds. The molecular weight excluding hydrogens is 440 g/mol. The first-order valence-corrected chi connectivity index (χ1v) is 13.5. The van der Waals surface area contributed by atoms with Crippen molar-refractivity contribution in [3.05, 3.63) is 42.0 Å². The summed E-state index contributed by atoms with van der Waals surface area (Å²) in [7, 11) is 0. The molecule has 2 N–H and O–H groups in total. The number of thiocarbonyl (C=S) groups is 1. The van der Waals surface area contributed by atoms with E-state index in [-0.39, 0.29) is 5.41 Å². The second kappa shape index (κ2) is 10.5. The van der Waals surface area contributed by atoms with Crippen LogP contribution in [0.5, 0.6) is 0 Å². The Labute approximate surface area is 209 Å². The molecule has 1 aliphatic carbocycles. The zero-order valence-electron chi connectivity index (χ0n) is 20.4. The Morgan fingerprint density at radius 1 is 0.971 bits per heavy atom. The zero-order chi connectivity index (χ0) is 23.4. The molecule has 2 aliphatic heterocycles. The number of nitrogens with one attached hydrogen (secondary N) is 2. The van der Waals surface area contributed by atoms with E-state index in [0.717, 1.165) is 44.4 Å². The lowest BCUT2D eigenvalue weighted by Gasteiger charge is -2.33. The summed E-state index contributed by atoms with van der Waals surface area (Å²) in [5.74, 6) is 3.34. The van der Waals surface area contributed by atoms with Crippen LogP contribution < -0.4 is 20.4 Å². The third kappa shape index (κ3) is 5.29. The first kappa shape index (κ1) is 23.3. The van der Waals surface area contributed by atoms with Crippen LogP contribution >= 0.6 is 12.2 Å². The number of anilines is 3. The molecule has 5 rings (SSSR count). The molecule has 0 radical (unpaired) electrons. The third-order valence-corrected chi connectivity index (χ3v) is 8.12. The summed E-state index contributed by atoms with van der Waals surface area (Å²) in [6, 6.07) is 13.1. The summed E-state index contributed by atoms with van der Waals surface area (Å²) in [5.41, 5.74) is 1.57. The van der Waals surface area contributed by atoms with Crippen LogP contribution in [0.4, 0.5) is 17.6 Å². The lowest BCUT2D eigenvalue weighted by Crippen LogP contribution is -2.41. The molecule has 0 bridgehead atoms. The van der Waals surface area contributed by atoms with E-state index >= 15 is 0 Å². The Morgan fingerprint density at radius 2 is 1.65 bits per heavy atom. The van der Waals surface area contributed by atoms with E-state index in [4.69, 9.17) is 22.2 Å². The van der Waals surface area contributed by atoms with E-state index in [0.29, 0.717) is 17.0 Å². The highest BCUT2D eigenvalue weighted by Crippen LogP contribution is 2.40. The highest BCUT2D eigenvalue weighted by atomic mass is 32.1. The monoisotopic (exact) mass is 478 g/mol. The number of piperidine rings is 1. The van der Waals surface area contributed by atoms with Gasteiger partial charge in [0.2, 0.25) is 5.95 Å². The highest BCUT2D eigenvalue weighted by Gasteiger charge is 2.35. The molecule has 3 aliphatic rings. The fourth-order valence-corrected chi connectivity index (χ4v) is 6.12. The molecule has 1 saturated carbocycles. The standard InChI is InChI=1S/C27H38N6S/c1-21-10-9-17-33(19-21)24-18-23(32-15-7-8-16-32)29-25(30-24)31-26(34)28-20-27(13-5-6-14-27)22-11-3-2-4-12-22/h2-4,11-12,18,21H,5-10,13-17,19-20H2,1H3,(H2,28,29,30,31,34)/t21-/m1/s1. The van der Waals surface area contributed by atoms with Crippen LogP contribution in [0.15, 0.2) is 36.4 Å². The van der Waals surface area contributed by atoms with Crippen molar-refractivity contribution in [1.29, 1.82) is 0 Å². The van der Waals surface area contributed by atoms with Crippen LogP contribution in [0, 0.1) is 5.92 Å². The Kier molecular flexibility index (Phi) is 7.18. The Morgan fingerprint density at radius 3 is 2.35 bits per heavy atom. The molecule has 1 aromatic heterocycles. The molecular formula is C27H38N6S. The van der Waals surface area contributed by atoms with Crippen LogP contribution in [-0.2, 0) is 5.41 Å². The van der Waals surface area contributed by atoms with Gasteiger partial charge in [0.25, 0.3) is 0 Å². The quantitative estimate of drug-likeness (QED) is 0.560. The number of hydrogen-bond acceptors (Lipinski definition) is 5. The van der Waals surface area contributed by atoms with Gasteiger partial charge in [0.15, 0.2) is 5.11 Å². The van der Waals surface area contributed by atoms with Gasteiger partial charge in [0, 0.05) is 44.2 Å². The fourth-order valence-electron chi connectivity index (χ4n) is 5.95. The summed E-state index contributed by atoms with van der Waals surface area (Å²) >= 11 is 5.74. The van der Waals surface area contributed by atoms with Crippen molar-refractivity contribution in [1.82, 2.24) is 15.3 Å². The molecule has 1 atom stereocenters. The van der Waals surface area contributed by atoms with Gasteiger partial charge >= 0.3 is 0 Å². The molecule has 182 valence electrons. The van der Waals surface area contributed by atoms with Crippen molar-refractivity contribution in [2.45, 2.75) is 63.7 Å². The van der Waals surface area contributed by atoms with Crippen LogP contribution in [0.2, 0.25) is 0 Å². The molecule has 6 nitrogen and oxygen atoms in total. The van der Waals surface area contributed by atoms with Gasteiger partial charge in [0.1, 0.15) is 11.6 Å². The fraction of sp³-hybridized carbons (Fsp3) is 0.593. The maximum Gasteiger partial charge on any atom is 0.232 e. The number of benzene rings is 1. The van der Waals surface area contributed by atoms with Gasteiger partial charge < -0.3 is 20.4 Å². The summed E-state index contributed by atoms with van der Waals surface area (Å²) in [6.45, 7) is 7.41. The number of hydrogen-bond donors (Lipinski definition) is 2. The molecule has 34 heavy (non-hydrogen) atoms. The van der Waals surface area contributed by atoms with Gasteiger partial charge in [-0.05, 0) is 62.2 Å². The second-order valence-corrected chi connectivity index (χ2v) is 10.9. The minimum atomic E-state index is 0.153. The van der Waals surface area contributed by atoms with Gasteiger partial charge in [-0.15, -0.1) is 0 Å².